The number of nitrogens with zero attached hydrogens (tertiary/aromatic N) is 1. The Kier molecular flexibility index (Phi) is 4.67. The van der Waals surface area contributed by atoms with E-state index in [9.17, 15) is 4.79 Å². The minimum absolute atomic E-state index is 0.0317. The van der Waals surface area contributed by atoms with Crippen molar-refractivity contribution in [3.05, 3.63) is 71.8 Å². The predicted octanol–water partition coefficient (Wildman–Crippen LogP) is 2.87. The number of rotatable bonds is 4. The maximum absolute atomic E-state index is 12.2. The van der Waals surface area contributed by atoms with E-state index in [1.165, 1.54) is 0 Å². The molecule has 2 aromatic rings. The number of hydrogen-bond donors (Lipinski definition) is 0. The Morgan fingerprint density at radius 2 is 1.42 bits per heavy atom. The molecule has 0 aromatic heterocycles. The van der Waals surface area contributed by atoms with Crippen molar-refractivity contribution in [2.24, 2.45) is 4.99 Å². The van der Waals surface area contributed by atoms with Gasteiger partial charge in [-0.05, 0) is 0 Å². The zero-order valence-electron chi connectivity index (χ0n) is 10.6. The fourth-order valence-electron chi connectivity index (χ4n) is 1.73. The summed E-state index contributed by atoms with van der Waals surface area (Å²) in [7, 11) is 0. The zero-order chi connectivity index (χ0) is 13.7. The molecule has 1 radical (unpaired) electrons. The van der Waals surface area contributed by atoms with E-state index in [1.54, 1.807) is 0 Å². The number of carbonyl (C=O) groups is 1. The third-order valence-corrected chi connectivity index (χ3v) is 3.49. The normalized spacial score (nSPS) is 13.0. The van der Waals surface area contributed by atoms with E-state index >= 15 is 0 Å². The molecule has 2 aromatic carbocycles. The fourth-order valence-corrected chi connectivity index (χ4v) is 2.35. The molecule has 1 atom stereocenters. The van der Waals surface area contributed by atoms with Crippen LogP contribution < -0.4 is 0 Å². The van der Waals surface area contributed by atoms with Gasteiger partial charge in [-0.15, -0.1) is 0 Å². The molecule has 0 N–H and O–H groups in total. The molecule has 0 amide bonds. The number of ketones is 1. The Hall–Kier alpha value is -1.70. The molecular weight excluding hydrogens is 301 g/mol. The molecule has 0 fully saturated rings. The fraction of sp³-hybridized carbons (Fsp3) is 0.125. The maximum atomic E-state index is 12.2. The first-order valence-corrected chi connectivity index (χ1v) is 6.93. The SMILES string of the molecule is CC(N=C([Se])c1ccccc1)C(=O)c1ccccc1. The van der Waals surface area contributed by atoms with E-state index < -0.39 is 0 Å². The Bertz CT molecular complexity index is 578. The number of hydrogen-bond acceptors (Lipinski definition) is 2. The van der Waals surface area contributed by atoms with Gasteiger partial charge >= 0.3 is 121 Å². The van der Waals surface area contributed by atoms with E-state index in [2.05, 4.69) is 21.0 Å². The quantitative estimate of drug-likeness (QED) is 0.485. The summed E-state index contributed by atoms with van der Waals surface area (Å²) in [6.45, 7) is 1.82. The summed E-state index contributed by atoms with van der Waals surface area (Å²) in [6.07, 6.45) is 0. The van der Waals surface area contributed by atoms with Crippen LogP contribution in [0.15, 0.2) is 65.7 Å². The van der Waals surface area contributed by atoms with Crippen molar-refractivity contribution in [2.45, 2.75) is 13.0 Å². The van der Waals surface area contributed by atoms with Crippen LogP contribution in [0.3, 0.4) is 0 Å². The molecule has 0 spiro atoms. The first-order valence-electron chi connectivity index (χ1n) is 6.08. The summed E-state index contributed by atoms with van der Waals surface area (Å²) in [5.41, 5.74) is 1.69. The second-order valence-electron chi connectivity index (χ2n) is 4.21. The van der Waals surface area contributed by atoms with Gasteiger partial charge in [-0.25, -0.2) is 0 Å². The van der Waals surface area contributed by atoms with Crippen molar-refractivity contribution in [3.8, 4) is 0 Å². The summed E-state index contributed by atoms with van der Waals surface area (Å²) in [5.74, 6) is 0.0317. The van der Waals surface area contributed by atoms with Crippen molar-refractivity contribution in [3.63, 3.8) is 0 Å². The third kappa shape index (κ3) is 3.63. The average Bonchev–Trinajstić information content (AvgIpc) is 2.48. The molecule has 0 aliphatic rings. The molecule has 19 heavy (non-hydrogen) atoms. The number of Topliss-reactive ketones (excluding diaryl/α,β-unsaturated/α-hetero) is 1. The van der Waals surface area contributed by atoms with Crippen molar-refractivity contribution in [1.29, 1.82) is 0 Å². The Morgan fingerprint density at radius 3 is 1.95 bits per heavy atom. The molecule has 95 valence electrons. The van der Waals surface area contributed by atoms with Gasteiger partial charge in [0.1, 0.15) is 0 Å². The van der Waals surface area contributed by atoms with E-state index in [1.807, 2.05) is 67.6 Å². The molecule has 2 rings (SSSR count). The summed E-state index contributed by atoms with van der Waals surface area (Å²) >= 11 is 2.93. The van der Waals surface area contributed by atoms with E-state index in [4.69, 9.17) is 0 Å². The van der Waals surface area contributed by atoms with Crippen molar-refractivity contribution < 1.29 is 4.79 Å². The monoisotopic (exact) mass is 316 g/mol. The number of benzene rings is 2. The van der Waals surface area contributed by atoms with Crippen LogP contribution >= 0.6 is 0 Å². The van der Waals surface area contributed by atoms with Crippen LogP contribution in [0.4, 0.5) is 0 Å². The Morgan fingerprint density at radius 1 is 0.947 bits per heavy atom. The first kappa shape index (κ1) is 13.7. The first-order chi connectivity index (χ1) is 9.18. The van der Waals surface area contributed by atoms with E-state index in [0.717, 1.165) is 10.2 Å². The topological polar surface area (TPSA) is 29.4 Å². The van der Waals surface area contributed by atoms with Gasteiger partial charge in [-0.2, -0.15) is 0 Å². The van der Waals surface area contributed by atoms with Crippen LogP contribution in [-0.2, 0) is 0 Å². The molecule has 0 saturated heterocycles. The van der Waals surface area contributed by atoms with Crippen LogP contribution in [0.25, 0.3) is 0 Å². The van der Waals surface area contributed by atoms with E-state index in [0.29, 0.717) is 5.56 Å². The second kappa shape index (κ2) is 6.46. The van der Waals surface area contributed by atoms with Crippen molar-refractivity contribution in [2.75, 3.05) is 0 Å². The van der Waals surface area contributed by atoms with Gasteiger partial charge < -0.3 is 0 Å². The summed E-state index contributed by atoms with van der Waals surface area (Å²) in [4.78, 5) is 16.6. The van der Waals surface area contributed by atoms with Gasteiger partial charge in [0.05, 0.1) is 0 Å². The molecule has 3 heteroatoms. The summed E-state index contributed by atoms with van der Waals surface area (Å²) < 4.78 is 0.761. The third-order valence-electron chi connectivity index (χ3n) is 2.77. The van der Waals surface area contributed by atoms with Crippen LogP contribution in [0.2, 0.25) is 0 Å². The van der Waals surface area contributed by atoms with Gasteiger partial charge in [0.2, 0.25) is 0 Å². The minimum atomic E-state index is -0.390. The number of aliphatic imine (C=N–C) groups is 1. The van der Waals surface area contributed by atoms with Gasteiger partial charge in [-0.1, -0.05) is 0 Å². The predicted molar refractivity (Wildman–Crippen MR) is 79.0 cm³/mol. The van der Waals surface area contributed by atoms with Crippen LogP contribution in [0.1, 0.15) is 22.8 Å². The Balaban J connectivity index is 2.17. The molecule has 0 aliphatic heterocycles. The zero-order valence-corrected chi connectivity index (χ0v) is 12.3. The van der Waals surface area contributed by atoms with Crippen LogP contribution in [0, 0.1) is 0 Å². The van der Waals surface area contributed by atoms with Crippen molar-refractivity contribution in [1.82, 2.24) is 0 Å². The Labute approximate surface area is 121 Å². The molecule has 0 bridgehead atoms. The molecule has 0 heterocycles. The van der Waals surface area contributed by atoms with Gasteiger partial charge in [-0.3, -0.25) is 0 Å². The van der Waals surface area contributed by atoms with Crippen LogP contribution in [0.5, 0.6) is 0 Å². The standard InChI is InChI=1S/C16H14NOSe/c1-12(15(18)13-8-4-2-5-9-13)17-16(19)14-10-6-3-7-11-14/h2-12H,1H3. The van der Waals surface area contributed by atoms with E-state index in [-0.39, 0.29) is 11.8 Å². The second-order valence-corrected chi connectivity index (χ2v) is 5.02. The van der Waals surface area contributed by atoms with Gasteiger partial charge in [0, 0.05) is 0 Å². The van der Waals surface area contributed by atoms with Gasteiger partial charge in [0.15, 0.2) is 0 Å². The van der Waals surface area contributed by atoms with Gasteiger partial charge in [0.25, 0.3) is 0 Å². The van der Waals surface area contributed by atoms with Crippen molar-refractivity contribution >= 4 is 26.4 Å². The summed E-state index contributed by atoms with van der Waals surface area (Å²) in [5, 5.41) is 0. The summed E-state index contributed by atoms with van der Waals surface area (Å²) in [6, 6.07) is 18.6. The molecule has 1 unspecified atom stereocenters. The van der Waals surface area contributed by atoms with Crippen LogP contribution in [-0.4, -0.2) is 32.4 Å². The number of carbonyl (C=O) groups excluding carboxylic acids is 1. The molecule has 0 aliphatic carbocycles. The molecule has 2 nitrogen and oxygen atoms in total. The molecule has 0 saturated carbocycles. The average molecular weight is 315 g/mol. The molecular formula is C16H14NOSe.